The third kappa shape index (κ3) is 4.43. The van der Waals surface area contributed by atoms with Crippen molar-refractivity contribution in [2.45, 2.75) is 25.8 Å². The normalized spacial score (nSPS) is 14.2. The molecule has 0 radical (unpaired) electrons. The highest BCUT2D eigenvalue weighted by molar-refractivity contribution is 5.93. The number of benzene rings is 1. The van der Waals surface area contributed by atoms with Crippen LogP contribution in [0.15, 0.2) is 36.8 Å². The Morgan fingerprint density at radius 3 is 2.80 bits per heavy atom. The number of amides is 2. The molecule has 25 heavy (non-hydrogen) atoms. The molecule has 1 aromatic heterocycles. The minimum Gasteiger partial charge on any atom is -0.370 e. The van der Waals surface area contributed by atoms with Crippen LogP contribution in [0.2, 0.25) is 0 Å². The molecular formula is C18H22FN5O. The lowest BCUT2D eigenvalue weighted by atomic mass is 10.1. The van der Waals surface area contributed by atoms with Crippen molar-refractivity contribution in [1.29, 1.82) is 0 Å². The Balaban J connectivity index is 1.72. The van der Waals surface area contributed by atoms with E-state index in [9.17, 15) is 9.18 Å². The van der Waals surface area contributed by atoms with Gasteiger partial charge in [-0.25, -0.2) is 9.18 Å². The van der Waals surface area contributed by atoms with Gasteiger partial charge >= 0.3 is 6.03 Å². The van der Waals surface area contributed by atoms with Crippen LogP contribution in [0, 0.1) is 5.82 Å². The van der Waals surface area contributed by atoms with Gasteiger partial charge in [-0.1, -0.05) is 0 Å². The van der Waals surface area contributed by atoms with Gasteiger partial charge in [0.2, 0.25) is 0 Å². The minimum atomic E-state index is -0.368. The summed E-state index contributed by atoms with van der Waals surface area (Å²) in [6.45, 7) is 2.17. The number of urea groups is 1. The first-order valence-electron chi connectivity index (χ1n) is 8.45. The van der Waals surface area contributed by atoms with Crippen molar-refractivity contribution in [3.05, 3.63) is 48.3 Å². The number of anilines is 2. The molecule has 2 heterocycles. The van der Waals surface area contributed by atoms with Crippen LogP contribution in [-0.2, 0) is 6.54 Å². The van der Waals surface area contributed by atoms with Crippen LogP contribution in [0.3, 0.4) is 0 Å². The Hall–Kier alpha value is -2.70. The van der Waals surface area contributed by atoms with Gasteiger partial charge in [0.05, 0.1) is 29.8 Å². The molecule has 2 aromatic rings. The Bertz CT molecular complexity index is 719. The molecule has 0 spiro atoms. The molecule has 1 fully saturated rings. The summed E-state index contributed by atoms with van der Waals surface area (Å²) in [5, 5.41) is 2.83. The molecule has 132 valence electrons. The van der Waals surface area contributed by atoms with Crippen molar-refractivity contribution >= 4 is 17.4 Å². The van der Waals surface area contributed by atoms with Gasteiger partial charge < -0.3 is 15.1 Å². The Kier molecular flexibility index (Phi) is 5.42. The molecule has 1 N–H and O–H groups in total. The van der Waals surface area contributed by atoms with Crippen molar-refractivity contribution < 1.29 is 9.18 Å². The highest BCUT2D eigenvalue weighted by atomic mass is 19.1. The van der Waals surface area contributed by atoms with Crippen molar-refractivity contribution in [3.8, 4) is 0 Å². The number of piperidine rings is 1. The molecule has 1 aromatic carbocycles. The Morgan fingerprint density at radius 2 is 2.08 bits per heavy atom. The fourth-order valence-corrected chi connectivity index (χ4v) is 2.96. The molecular weight excluding hydrogens is 321 g/mol. The van der Waals surface area contributed by atoms with E-state index in [1.807, 2.05) is 0 Å². The number of carbonyl (C=O) groups is 1. The summed E-state index contributed by atoms with van der Waals surface area (Å²) in [5.41, 5.74) is 2.05. The summed E-state index contributed by atoms with van der Waals surface area (Å²) in [4.78, 5) is 24.3. The van der Waals surface area contributed by atoms with Gasteiger partial charge in [0.25, 0.3) is 0 Å². The van der Waals surface area contributed by atoms with E-state index in [-0.39, 0.29) is 11.8 Å². The number of nitrogens with one attached hydrogen (secondary N) is 1. The van der Waals surface area contributed by atoms with Gasteiger partial charge in [0, 0.05) is 32.5 Å². The number of halogens is 1. The van der Waals surface area contributed by atoms with Crippen molar-refractivity contribution in [3.63, 3.8) is 0 Å². The highest BCUT2D eigenvalue weighted by Crippen LogP contribution is 2.29. The van der Waals surface area contributed by atoms with E-state index >= 15 is 0 Å². The third-order valence-electron chi connectivity index (χ3n) is 4.26. The van der Waals surface area contributed by atoms with Crippen LogP contribution < -0.4 is 10.2 Å². The van der Waals surface area contributed by atoms with Crippen LogP contribution in [0.4, 0.5) is 20.6 Å². The fraction of sp³-hybridized carbons (Fsp3) is 0.389. The molecule has 1 aliphatic rings. The van der Waals surface area contributed by atoms with Gasteiger partial charge in [-0.15, -0.1) is 0 Å². The standard InChI is InChI=1S/C18H22FN5O/c1-23(13-15-12-20-7-8-21-15)18(25)22-16-11-14(19)5-6-17(16)24-9-3-2-4-10-24/h5-8,11-12H,2-4,9-10,13H2,1H3,(H,22,25). The van der Waals surface area contributed by atoms with Gasteiger partial charge in [0.1, 0.15) is 5.82 Å². The van der Waals surface area contributed by atoms with E-state index in [4.69, 9.17) is 0 Å². The van der Waals surface area contributed by atoms with Gasteiger partial charge in [-0.2, -0.15) is 0 Å². The molecule has 1 saturated heterocycles. The monoisotopic (exact) mass is 343 g/mol. The van der Waals surface area contributed by atoms with Crippen LogP contribution in [0.5, 0.6) is 0 Å². The number of carbonyl (C=O) groups excluding carboxylic acids is 1. The lowest BCUT2D eigenvalue weighted by Crippen LogP contribution is -2.33. The molecule has 6 nitrogen and oxygen atoms in total. The number of hydrogen-bond donors (Lipinski definition) is 1. The molecule has 0 unspecified atom stereocenters. The number of hydrogen-bond acceptors (Lipinski definition) is 4. The summed E-state index contributed by atoms with van der Waals surface area (Å²) in [5.74, 6) is -0.368. The number of rotatable bonds is 4. The summed E-state index contributed by atoms with van der Waals surface area (Å²) >= 11 is 0. The summed E-state index contributed by atoms with van der Waals surface area (Å²) in [6, 6.07) is 4.23. The topological polar surface area (TPSA) is 61.4 Å². The van der Waals surface area contributed by atoms with Gasteiger partial charge in [0.15, 0.2) is 0 Å². The fourth-order valence-electron chi connectivity index (χ4n) is 2.96. The largest absolute Gasteiger partial charge is 0.370 e. The quantitative estimate of drug-likeness (QED) is 0.925. The zero-order chi connectivity index (χ0) is 17.6. The van der Waals surface area contributed by atoms with Crippen molar-refractivity contribution in [2.24, 2.45) is 0 Å². The van der Waals surface area contributed by atoms with Crippen LogP contribution in [0.1, 0.15) is 25.0 Å². The average molecular weight is 343 g/mol. The minimum absolute atomic E-state index is 0.311. The highest BCUT2D eigenvalue weighted by Gasteiger charge is 2.18. The van der Waals surface area contributed by atoms with E-state index in [2.05, 4.69) is 20.2 Å². The first-order valence-corrected chi connectivity index (χ1v) is 8.45. The molecule has 0 bridgehead atoms. The lowest BCUT2D eigenvalue weighted by Gasteiger charge is -2.31. The molecule has 0 aliphatic carbocycles. The SMILES string of the molecule is CN(Cc1cnccn1)C(=O)Nc1cc(F)ccc1N1CCCCC1. The maximum atomic E-state index is 13.7. The van der Waals surface area contributed by atoms with Crippen molar-refractivity contribution in [2.75, 3.05) is 30.4 Å². The Morgan fingerprint density at radius 1 is 1.28 bits per heavy atom. The van der Waals surface area contributed by atoms with E-state index < -0.39 is 0 Å². The molecule has 0 saturated carbocycles. The first-order chi connectivity index (χ1) is 12.1. The van der Waals surface area contributed by atoms with E-state index in [0.717, 1.165) is 31.6 Å². The predicted octanol–water partition coefficient (Wildman–Crippen LogP) is 3.27. The third-order valence-corrected chi connectivity index (χ3v) is 4.26. The Labute approximate surface area is 146 Å². The van der Waals surface area contributed by atoms with E-state index in [0.29, 0.717) is 17.9 Å². The maximum Gasteiger partial charge on any atom is 0.322 e. The molecule has 2 amide bonds. The number of aromatic nitrogens is 2. The van der Waals surface area contributed by atoms with Crippen LogP contribution >= 0.6 is 0 Å². The zero-order valence-corrected chi connectivity index (χ0v) is 14.3. The van der Waals surface area contributed by atoms with Gasteiger partial charge in [-0.05, 0) is 37.5 Å². The average Bonchev–Trinajstić information content (AvgIpc) is 2.63. The lowest BCUT2D eigenvalue weighted by molar-refractivity contribution is 0.220. The van der Waals surface area contributed by atoms with Crippen molar-refractivity contribution in [1.82, 2.24) is 14.9 Å². The molecule has 7 heteroatoms. The van der Waals surface area contributed by atoms with Crippen LogP contribution in [-0.4, -0.2) is 41.0 Å². The smallest absolute Gasteiger partial charge is 0.322 e. The summed E-state index contributed by atoms with van der Waals surface area (Å²) < 4.78 is 13.7. The number of nitrogens with zero attached hydrogens (tertiary/aromatic N) is 4. The van der Waals surface area contributed by atoms with Crippen LogP contribution in [0.25, 0.3) is 0 Å². The van der Waals surface area contributed by atoms with Gasteiger partial charge in [-0.3, -0.25) is 9.97 Å². The second-order valence-corrected chi connectivity index (χ2v) is 6.19. The predicted molar refractivity (Wildman–Crippen MR) is 95.0 cm³/mol. The second kappa shape index (κ2) is 7.92. The zero-order valence-electron chi connectivity index (χ0n) is 14.3. The first kappa shape index (κ1) is 17.1. The second-order valence-electron chi connectivity index (χ2n) is 6.19. The maximum absolute atomic E-state index is 13.7. The summed E-state index contributed by atoms with van der Waals surface area (Å²) in [7, 11) is 1.67. The van der Waals surface area contributed by atoms with E-state index in [1.54, 1.807) is 31.7 Å². The molecule has 3 rings (SSSR count). The van der Waals surface area contributed by atoms with E-state index in [1.165, 1.54) is 23.5 Å². The summed E-state index contributed by atoms with van der Waals surface area (Å²) in [6.07, 6.45) is 8.21. The molecule has 1 aliphatic heterocycles. The molecule has 0 atom stereocenters.